The summed E-state index contributed by atoms with van der Waals surface area (Å²) in [5, 5.41) is 4.17. The van der Waals surface area contributed by atoms with Crippen LogP contribution >= 0.6 is 11.6 Å². The van der Waals surface area contributed by atoms with E-state index in [-0.39, 0.29) is 5.54 Å². The fraction of sp³-hybridized carbons (Fsp3) is 0.333. The molecular weight excluding hydrogens is 282 g/mol. The maximum Gasteiger partial charge on any atom is 0.133 e. The topological polar surface area (TPSA) is 21.3 Å². The standard InChI is InChI=1S/C18H22ClNO/c1-13-7-5-8-14(11-13)21-17-10-6-9-16(19)15(17)12-20-18(2,3)4/h5-11,20H,12H2,1-4H3. The van der Waals surface area contributed by atoms with E-state index in [0.29, 0.717) is 6.54 Å². The van der Waals surface area contributed by atoms with Crippen molar-refractivity contribution in [3.63, 3.8) is 0 Å². The van der Waals surface area contributed by atoms with Crippen molar-refractivity contribution in [2.45, 2.75) is 39.8 Å². The van der Waals surface area contributed by atoms with Gasteiger partial charge in [0, 0.05) is 22.7 Å². The largest absolute Gasteiger partial charge is 0.457 e. The van der Waals surface area contributed by atoms with Crippen molar-refractivity contribution in [2.24, 2.45) is 0 Å². The third-order valence-electron chi connectivity index (χ3n) is 3.09. The highest BCUT2D eigenvalue weighted by Crippen LogP contribution is 2.31. The summed E-state index contributed by atoms with van der Waals surface area (Å²) in [5.41, 5.74) is 2.18. The van der Waals surface area contributed by atoms with Crippen LogP contribution in [-0.2, 0) is 6.54 Å². The third kappa shape index (κ3) is 4.76. The van der Waals surface area contributed by atoms with E-state index in [9.17, 15) is 0 Å². The summed E-state index contributed by atoms with van der Waals surface area (Å²) in [6.45, 7) is 9.11. The molecule has 0 aliphatic carbocycles. The Hall–Kier alpha value is -1.51. The Morgan fingerprint density at radius 1 is 1.10 bits per heavy atom. The molecule has 0 amide bonds. The summed E-state index contributed by atoms with van der Waals surface area (Å²) >= 11 is 6.34. The average Bonchev–Trinajstić information content (AvgIpc) is 2.37. The van der Waals surface area contributed by atoms with Crippen LogP contribution in [0.3, 0.4) is 0 Å². The van der Waals surface area contributed by atoms with Crippen LogP contribution in [0.25, 0.3) is 0 Å². The number of benzene rings is 2. The summed E-state index contributed by atoms with van der Waals surface area (Å²) in [4.78, 5) is 0. The zero-order valence-corrected chi connectivity index (χ0v) is 13.8. The first-order valence-corrected chi connectivity index (χ1v) is 7.50. The second-order valence-electron chi connectivity index (χ2n) is 6.24. The van der Waals surface area contributed by atoms with Gasteiger partial charge in [-0.05, 0) is 57.5 Å². The van der Waals surface area contributed by atoms with Gasteiger partial charge in [0.25, 0.3) is 0 Å². The van der Waals surface area contributed by atoms with Gasteiger partial charge in [-0.1, -0.05) is 29.8 Å². The number of aryl methyl sites for hydroxylation is 1. The lowest BCUT2D eigenvalue weighted by Gasteiger charge is -2.22. The predicted octanol–water partition coefficient (Wildman–Crippen LogP) is 5.33. The van der Waals surface area contributed by atoms with Gasteiger partial charge < -0.3 is 10.1 Å². The Bertz CT molecular complexity index is 617. The molecular formula is C18H22ClNO. The molecule has 0 aromatic heterocycles. The molecule has 2 aromatic carbocycles. The molecule has 1 N–H and O–H groups in total. The number of hydrogen-bond acceptors (Lipinski definition) is 2. The molecule has 3 heteroatoms. The Morgan fingerprint density at radius 2 is 1.81 bits per heavy atom. The first-order valence-electron chi connectivity index (χ1n) is 7.12. The summed E-state index contributed by atoms with van der Waals surface area (Å²) < 4.78 is 6.01. The SMILES string of the molecule is Cc1cccc(Oc2cccc(Cl)c2CNC(C)(C)C)c1. The Balaban J connectivity index is 2.25. The molecule has 0 bridgehead atoms. The third-order valence-corrected chi connectivity index (χ3v) is 3.44. The van der Waals surface area contributed by atoms with E-state index >= 15 is 0 Å². The zero-order chi connectivity index (χ0) is 15.5. The van der Waals surface area contributed by atoms with Gasteiger partial charge in [0.2, 0.25) is 0 Å². The second-order valence-corrected chi connectivity index (χ2v) is 6.65. The van der Waals surface area contributed by atoms with Gasteiger partial charge in [0.05, 0.1) is 0 Å². The van der Waals surface area contributed by atoms with Crippen LogP contribution in [0.2, 0.25) is 5.02 Å². The first-order chi connectivity index (χ1) is 9.85. The van der Waals surface area contributed by atoms with E-state index < -0.39 is 0 Å². The van der Waals surface area contributed by atoms with Gasteiger partial charge >= 0.3 is 0 Å². The normalized spacial score (nSPS) is 11.5. The smallest absolute Gasteiger partial charge is 0.133 e. The van der Waals surface area contributed by atoms with Gasteiger partial charge in [0.15, 0.2) is 0 Å². The van der Waals surface area contributed by atoms with E-state index in [1.54, 1.807) is 0 Å². The Morgan fingerprint density at radius 3 is 2.48 bits per heavy atom. The van der Waals surface area contributed by atoms with Gasteiger partial charge in [-0.15, -0.1) is 0 Å². The zero-order valence-electron chi connectivity index (χ0n) is 13.0. The molecule has 0 unspecified atom stereocenters. The molecule has 0 saturated carbocycles. The maximum absolute atomic E-state index is 6.34. The summed E-state index contributed by atoms with van der Waals surface area (Å²) in [6, 6.07) is 13.8. The fourth-order valence-electron chi connectivity index (χ4n) is 1.97. The van der Waals surface area contributed by atoms with Crippen LogP contribution < -0.4 is 10.1 Å². The fourth-order valence-corrected chi connectivity index (χ4v) is 2.20. The van der Waals surface area contributed by atoms with E-state index in [4.69, 9.17) is 16.3 Å². The number of halogens is 1. The van der Waals surface area contributed by atoms with Crippen LogP contribution in [0.4, 0.5) is 0 Å². The molecule has 112 valence electrons. The minimum atomic E-state index is 0.0276. The van der Waals surface area contributed by atoms with Crippen molar-refractivity contribution in [1.29, 1.82) is 0 Å². The molecule has 21 heavy (non-hydrogen) atoms. The highest BCUT2D eigenvalue weighted by Gasteiger charge is 2.14. The minimum Gasteiger partial charge on any atom is -0.457 e. The van der Waals surface area contributed by atoms with Crippen LogP contribution in [-0.4, -0.2) is 5.54 Å². The van der Waals surface area contributed by atoms with Gasteiger partial charge in [-0.25, -0.2) is 0 Å². The average molecular weight is 304 g/mol. The Labute approximate surface area is 132 Å². The van der Waals surface area contributed by atoms with E-state index in [1.165, 1.54) is 5.56 Å². The molecule has 2 nitrogen and oxygen atoms in total. The number of rotatable bonds is 4. The summed E-state index contributed by atoms with van der Waals surface area (Å²) in [5.74, 6) is 1.62. The number of nitrogens with one attached hydrogen (secondary N) is 1. The first kappa shape index (κ1) is 15.9. The lowest BCUT2D eigenvalue weighted by atomic mass is 10.1. The van der Waals surface area contributed by atoms with E-state index in [2.05, 4.69) is 26.1 Å². The molecule has 2 aromatic rings. The van der Waals surface area contributed by atoms with Crippen molar-refractivity contribution in [2.75, 3.05) is 0 Å². The van der Waals surface area contributed by atoms with Crippen LogP contribution in [0.15, 0.2) is 42.5 Å². The molecule has 0 atom stereocenters. The van der Waals surface area contributed by atoms with Crippen molar-refractivity contribution in [3.05, 3.63) is 58.6 Å². The van der Waals surface area contributed by atoms with Crippen LogP contribution in [0.1, 0.15) is 31.9 Å². The highest BCUT2D eigenvalue weighted by atomic mass is 35.5. The highest BCUT2D eigenvalue weighted by molar-refractivity contribution is 6.31. The number of hydrogen-bond donors (Lipinski definition) is 1. The molecule has 0 saturated heterocycles. The maximum atomic E-state index is 6.34. The van der Waals surface area contributed by atoms with E-state index in [1.807, 2.05) is 49.4 Å². The molecule has 0 aliphatic rings. The van der Waals surface area contributed by atoms with Crippen LogP contribution in [0.5, 0.6) is 11.5 Å². The Kier molecular flexibility index (Phi) is 4.92. The molecule has 0 radical (unpaired) electrons. The van der Waals surface area contributed by atoms with Gasteiger partial charge in [0.1, 0.15) is 11.5 Å². The molecule has 0 spiro atoms. The lowest BCUT2D eigenvalue weighted by molar-refractivity contribution is 0.414. The summed E-state index contributed by atoms with van der Waals surface area (Å²) in [6.07, 6.45) is 0. The monoisotopic (exact) mass is 303 g/mol. The minimum absolute atomic E-state index is 0.0276. The molecule has 0 aliphatic heterocycles. The number of ether oxygens (including phenoxy) is 1. The molecule has 0 fully saturated rings. The van der Waals surface area contributed by atoms with Crippen molar-refractivity contribution >= 4 is 11.6 Å². The van der Waals surface area contributed by atoms with Crippen molar-refractivity contribution in [1.82, 2.24) is 5.32 Å². The second kappa shape index (κ2) is 6.50. The van der Waals surface area contributed by atoms with Crippen molar-refractivity contribution in [3.8, 4) is 11.5 Å². The van der Waals surface area contributed by atoms with E-state index in [0.717, 1.165) is 22.1 Å². The van der Waals surface area contributed by atoms with Crippen molar-refractivity contribution < 1.29 is 4.74 Å². The van der Waals surface area contributed by atoms with Gasteiger partial charge in [-0.3, -0.25) is 0 Å². The summed E-state index contributed by atoms with van der Waals surface area (Å²) in [7, 11) is 0. The van der Waals surface area contributed by atoms with Gasteiger partial charge in [-0.2, -0.15) is 0 Å². The molecule has 2 rings (SSSR count). The quantitative estimate of drug-likeness (QED) is 0.824. The predicted molar refractivity (Wildman–Crippen MR) is 89.3 cm³/mol. The lowest BCUT2D eigenvalue weighted by Crippen LogP contribution is -2.35. The van der Waals surface area contributed by atoms with Crippen LogP contribution in [0, 0.1) is 6.92 Å². The molecule has 0 heterocycles.